The predicted molar refractivity (Wildman–Crippen MR) is 143 cm³/mol. The van der Waals surface area contributed by atoms with Crippen LogP contribution >= 0.6 is 23.2 Å². The molecule has 38 heavy (non-hydrogen) atoms. The zero-order valence-electron chi connectivity index (χ0n) is 20.6. The second-order valence-electron chi connectivity index (χ2n) is 9.04. The molecule has 200 valence electrons. The fourth-order valence-electron chi connectivity index (χ4n) is 3.93. The van der Waals surface area contributed by atoms with E-state index in [9.17, 15) is 18.8 Å². The zero-order valence-corrected chi connectivity index (χ0v) is 23.0. The maximum atomic E-state index is 15.6. The number of aromatic nitrogens is 2. The third-order valence-electron chi connectivity index (χ3n) is 5.95. The first kappa shape index (κ1) is 28.4. The Morgan fingerprint density at radius 1 is 1.05 bits per heavy atom. The first-order valence-electron chi connectivity index (χ1n) is 11.4. The molecule has 0 amide bonds. The van der Waals surface area contributed by atoms with Crippen LogP contribution in [0, 0.1) is 11.6 Å². The van der Waals surface area contributed by atoms with Crippen molar-refractivity contribution < 1.29 is 27.4 Å². The number of aliphatic hydroxyl groups is 2. The van der Waals surface area contributed by atoms with E-state index < -0.39 is 34.9 Å². The summed E-state index contributed by atoms with van der Waals surface area (Å²) >= 11 is 10.3. The third kappa shape index (κ3) is 5.83. The van der Waals surface area contributed by atoms with E-state index in [1.165, 1.54) is 29.9 Å². The minimum Gasteiger partial charge on any atom is -0.392 e. The molecule has 3 aromatic carbocycles. The van der Waals surface area contributed by atoms with Crippen molar-refractivity contribution in [2.75, 3.05) is 7.11 Å². The topological polar surface area (TPSA) is 84.6 Å². The van der Waals surface area contributed by atoms with E-state index in [2.05, 4.69) is 4.98 Å². The molecule has 4 rings (SSSR count). The van der Waals surface area contributed by atoms with Crippen molar-refractivity contribution in [3.8, 4) is 16.8 Å². The lowest BCUT2D eigenvalue weighted by atomic mass is 10.0. The van der Waals surface area contributed by atoms with Gasteiger partial charge in [0.05, 0.1) is 30.0 Å². The number of hydrogen-bond donors (Lipinski definition) is 2. The van der Waals surface area contributed by atoms with Crippen LogP contribution in [0.5, 0.6) is 0 Å². The number of hydrogen-bond acceptors (Lipinski definition) is 5. The van der Waals surface area contributed by atoms with Gasteiger partial charge in [0, 0.05) is 28.2 Å². The molecular formula is C27H24Cl2F2N2O4S. The van der Waals surface area contributed by atoms with E-state index in [1.54, 1.807) is 44.3 Å². The third-order valence-corrected chi connectivity index (χ3v) is 7.57. The Bertz CT molecular complexity index is 1540. The number of benzene rings is 3. The zero-order chi connectivity index (χ0) is 27.8. The van der Waals surface area contributed by atoms with E-state index in [1.807, 2.05) is 0 Å². The van der Waals surface area contributed by atoms with Crippen molar-refractivity contribution in [1.82, 2.24) is 9.55 Å². The summed E-state index contributed by atoms with van der Waals surface area (Å²) in [4.78, 5) is 4.50. The minimum absolute atomic E-state index is 0.0407. The van der Waals surface area contributed by atoms with Gasteiger partial charge in [0.2, 0.25) is 0 Å². The molecule has 0 fully saturated rings. The van der Waals surface area contributed by atoms with Crippen molar-refractivity contribution in [1.29, 1.82) is 0 Å². The van der Waals surface area contributed by atoms with Gasteiger partial charge in [0.1, 0.15) is 23.1 Å². The number of rotatable bonds is 8. The molecule has 0 radical (unpaired) electrons. The molecule has 0 aliphatic carbocycles. The molecule has 1 aromatic heterocycles. The standard InChI is InChI=1S/C27H24Cl2F2N2O4S/c1-27(2,35)25-13-33(26(32-25)11-16-4-6-18(28)12-20(16)29)23-7-5-15(8-22(23)31)17-9-21(30)19(14-34)24(10-17)38(36)37-3/h4-10,12-13,34-35H,11,14H2,1-3H3. The minimum atomic E-state index is -2.02. The Morgan fingerprint density at radius 2 is 1.76 bits per heavy atom. The van der Waals surface area contributed by atoms with Crippen molar-refractivity contribution >= 4 is 34.3 Å². The molecule has 6 nitrogen and oxygen atoms in total. The average molecular weight is 581 g/mol. The highest BCUT2D eigenvalue weighted by molar-refractivity contribution is 7.80. The van der Waals surface area contributed by atoms with Crippen LogP contribution in [-0.2, 0) is 33.9 Å². The molecule has 0 spiro atoms. The number of nitrogens with zero attached hydrogens (tertiary/aromatic N) is 2. The lowest BCUT2D eigenvalue weighted by Crippen LogP contribution is -2.16. The molecule has 0 aliphatic heterocycles. The van der Waals surface area contributed by atoms with Gasteiger partial charge in [0.25, 0.3) is 0 Å². The summed E-state index contributed by atoms with van der Waals surface area (Å²) in [6.45, 7) is 2.48. The van der Waals surface area contributed by atoms with Gasteiger partial charge in [-0.05, 0) is 66.9 Å². The van der Waals surface area contributed by atoms with Gasteiger partial charge in [-0.1, -0.05) is 35.3 Å². The monoisotopic (exact) mass is 580 g/mol. The largest absolute Gasteiger partial charge is 0.392 e. The van der Waals surface area contributed by atoms with Crippen LogP contribution < -0.4 is 0 Å². The van der Waals surface area contributed by atoms with Crippen LogP contribution in [0.25, 0.3) is 16.8 Å². The lowest BCUT2D eigenvalue weighted by Gasteiger charge is -2.14. The average Bonchev–Trinajstić information content (AvgIpc) is 3.28. The van der Waals surface area contributed by atoms with Crippen LogP contribution in [0.15, 0.2) is 59.6 Å². The van der Waals surface area contributed by atoms with E-state index in [0.29, 0.717) is 32.7 Å². The van der Waals surface area contributed by atoms with Crippen molar-refractivity contribution in [2.24, 2.45) is 0 Å². The molecule has 0 saturated heterocycles. The summed E-state index contributed by atoms with van der Waals surface area (Å²) in [7, 11) is 1.19. The van der Waals surface area contributed by atoms with E-state index >= 15 is 4.39 Å². The first-order valence-corrected chi connectivity index (χ1v) is 13.2. The Kier molecular flexibility index (Phi) is 8.37. The van der Waals surface area contributed by atoms with Gasteiger partial charge in [0.15, 0.2) is 11.1 Å². The summed E-state index contributed by atoms with van der Waals surface area (Å²) in [5, 5.41) is 20.9. The van der Waals surface area contributed by atoms with Crippen LogP contribution in [0.3, 0.4) is 0 Å². The van der Waals surface area contributed by atoms with Gasteiger partial charge in [-0.15, -0.1) is 0 Å². The van der Waals surface area contributed by atoms with Crippen LogP contribution in [-0.4, -0.2) is 31.1 Å². The normalized spacial score (nSPS) is 12.7. The molecule has 1 heterocycles. The summed E-state index contributed by atoms with van der Waals surface area (Å²) in [6.07, 6.45) is 1.78. The van der Waals surface area contributed by atoms with Gasteiger partial charge in [-0.3, -0.25) is 4.18 Å². The van der Waals surface area contributed by atoms with Crippen LogP contribution in [0.1, 0.15) is 36.5 Å². The van der Waals surface area contributed by atoms with E-state index in [-0.39, 0.29) is 28.1 Å². The van der Waals surface area contributed by atoms with Gasteiger partial charge >= 0.3 is 0 Å². The number of aliphatic hydroxyl groups excluding tert-OH is 1. The Morgan fingerprint density at radius 3 is 2.37 bits per heavy atom. The number of imidazole rings is 1. The van der Waals surface area contributed by atoms with E-state index in [4.69, 9.17) is 27.4 Å². The van der Waals surface area contributed by atoms with Crippen LogP contribution in [0.4, 0.5) is 8.78 Å². The molecule has 2 N–H and O–H groups in total. The Balaban J connectivity index is 1.80. The molecule has 0 bridgehead atoms. The summed E-state index contributed by atoms with van der Waals surface area (Å²) < 4.78 is 48.8. The lowest BCUT2D eigenvalue weighted by molar-refractivity contribution is 0.0741. The van der Waals surface area contributed by atoms with Gasteiger partial charge < -0.3 is 14.8 Å². The molecule has 0 saturated carbocycles. The summed E-state index contributed by atoms with van der Waals surface area (Å²) in [5.74, 6) is -1.01. The highest BCUT2D eigenvalue weighted by Crippen LogP contribution is 2.32. The SMILES string of the molecule is COS(=O)c1cc(-c2ccc(-n3cc(C(C)(C)O)nc3Cc3ccc(Cl)cc3Cl)c(F)c2)cc(F)c1CO. The summed E-state index contributed by atoms with van der Waals surface area (Å²) in [6, 6.07) is 11.9. The maximum Gasteiger partial charge on any atom is 0.189 e. The molecule has 0 aliphatic rings. The molecule has 11 heteroatoms. The van der Waals surface area contributed by atoms with E-state index in [0.717, 1.165) is 6.07 Å². The smallest absolute Gasteiger partial charge is 0.189 e. The second kappa shape index (κ2) is 11.2. The second-order valence-corrected chi connectivity index (χ2v) is 11.1. The van der Waals surface area contributed by atoms with Crippen molar-refractivity contribution in [3.05, 3.63) is 99.1 Å². The van der Waals surface area contributed by atoms with Crippen molar-refractivity contribution in [2.45, 2.75) is 37.4 Å². The molecule has 1 unspecified atom stereocenters. The highest BCUT2D eigenvalue weighted by Gasteiger charge is 2.24. The maximum absolute atomic E-state index is 15.6. The Hall–Kier alpha value is -2.66. The Labute approximate surface area is 231 Å². The molecular weight excluding hydrogens is 557 g/mol. The first-order chi connectivity index (χ1) is 17.9. The van der Waals surface area contributed by atoms with Crippen molar-refractivity contribution in [3.63, 3.8) is 0 Å². The summed E-state index contributed by atoms with van der Waals surface area (Å²) in [5.41, 5.74) is 0.295. The molecule has 1 atom stereocenters. The predicted octanol–water partition coefficient (Wildman–Crippen LogP) is 6.10. The number of halogens is 4. The fourth-order valence-corrected chi connectivity index (χ4v) is 5.18. The van der Waals surface area contributed by atoms with Gasteiger partial charge in [-0.2, -0.15) is 0 Å². The van der Waals surface area contributed by atoms with Crippen LogP contribution in [0.2, 0.25) is 10.0 Å². The quantitative estimate of drug-likeness (QED) is 0.263. The fraction of sp³-hybridized carbons (Fsp3) is 0.222. The highest BCUT2D eigenvalue weighted by atomic mass is 35.5. The van der Waals surface area contributed by atoms with Gasteiger partial charge in [-0.25, -0.2) is 18.0 Å². The molecule has 4 aromatic rings.